The molecule has 5 rings (SSSR count). The van der Waals surface area contributed by atoms with Gasteiger partial charge in [0.15, 0.2) is 11.0 Å². The highest BCUT2D eigenvalue weighted by Crippen LogP contribution is 2.29. The largest absolute Gasteiger partial charge is 0.497 e. The molecule has 0 N–H and O–H groups in total. The van der Waals surface area contributed by atoms with E-state index in [4.69, 9.17) is 13.9 Å². The van der Waals surface area contributed by atoms with E-state index in [1.807, 2.05) is 54.6 Å². The zero-order chi connectivity index (χ0) is 22.5. The number of rotatable bonds is 9. The van der Waals surface area contributed by atoms with Gasteiger partial charge in [0, 0.05) is 12.2 Å². The van der Waals surface area contributed by atoms with Crippen molar-refractivity contribution in [1.82, 2.24) is 25.0 Å². The summed E-state index contributed by atoms with van der Waals surface area (Å²) < 4.78 is 19.2. The van der Waals surface area contributed by atoms with Gasteiger partial charge >= 0.3 is 0 Å². The lowest BCUT2D eigenvalue weighted by atomic mass is 10.2. The molecule has 2 aromatic heterocycles. The highest BCUT2D eigenvalue weighted by molar-refractivity contribution is 7.98. The lowest BCUT2D eigenvalue weighted by molar-refractivity contribution is 0.0953. The number of thioether (sulfide) groups is 1. The Bertz CT molecular complexity index is 1170. The summed E-state index contributed by atoms with van der Waals surface area (Å²) in [6, 6.07) is 18.0. The third-order valence-electron chi connectivity index (χ3n) is 5.51. The van der Waals surface area contributed by atoms with Gasteiger partial charge in [-0.1, -0.05) is 42.1 Å². The molecule has 1 fully saturated rings. The molecular weight excluding hydrogens is 438 g/mol. The standard InChI is InChI=1S/C24H25N5O3S/c1-30-19-11-9-18(10-12-19)23-27-28-24(29(23)15-20-8-5-13-31-20)33-16-22-26-25-21(32-22)14-17-6-3-2-4-7-17/h2-4,6-7,9-12,20H,5,8,13-16H2,1H3. The molecule has 1 saturated heterocycles. The van der Waals surface area contributed by atoms with Crippen LogP contribution in [0.3, 0.4) is 0 Å². The van der Waals surface area contributed by atoms with Gasteiger partial charge in [0.1, 0.15) is 5.75 Å². The number of nitrogens with zero attached hydrogens (tertiary/aromatic N) is 5. The molecule has 0 spiro atoms. The van der Waals surface area contributed by atoms with Crippen LogP contribution < -0.4 is 4.74 Å². The van der Waals surface area contributed by atoms with Crippen LogP contribution in [0.15, 0.2) is 64.2 Å². The predicted octanol–water partition coefficient (Wildman–Crippen LogP) is 4.40. The minimum Gasteiger partial charge on any atom is -0.497 e. The van der Waals surface area contributed by atoms with Crippen LogP contribution in [0.25, 0.3) is 11.4 Å². The molecule has 0 aliphatic carbocycles. The lowest BCUT2D eigenvalue weighted by Gasteiger charge is -2.14. The van der Waals surface area contributed by atoms with Gasteiger partial charge < -0.3 is 13.9 Å². The molecule has 0 radical (unpaired) electrons. The third kappa shape index (κ3) is 5.26. The maximum Gasteiger partial charge on any atom is 0.226 e. The first-order valence-corrected chi connectivity index (χ1v) is 11.9. The fourth-order valence-electron chi connectivity index (χ4n) is 3.82. The van der Waals surface area contributed by atoms with Gasteiger partial charge in [-0.25, -0.2) is 0 Å². The number of benzene rings is 2. The van der Waals surface area contributed by atoms with Gasteiger partial charge in [0.05, 0.1) is 31.9 Å². The van der Waals surface area contributed by atoms with Gasteiger partial charge in [-0.05, 0) is 42.7 Å². The van der Waals surface area contributed by atoms with Crippen LogP contribution in [0.2, 0.25) is 0 Å². The zero-order valence-electron chi connectivity index (χ0n) is 18.4. The minimum atomic E-state index is 0.165. The molecule has 4 aromatic rings. The average Bonchev–Trinajstić information content (AvgIpc) is 3.61. The van der Waals surface area contributed by atoms with Crippen molar-refractivity contribution in [3.05, 3.63) is 71.9 Å². The van der Waals surface area contributed by atoms with Gasteiger partial charge in [-0.15, -0.1) is 20.4 Å². The summed E-state index contributed by atoms with van der Waals surface area (Å²) in [5, 5.41) is 18.2. The van der Waals surface area contributed by atoms with E-state index in [2.05, 4.69) is 25.0 Å². The smallest absolute Gasteiger partial charge is 0.226 e. The molecule has 2 aromatic carbocycles. The second kappa shape index (κ2) is 10.2. The first-order chi connectivity index (χ1) is 16.3. The highest BCUT2D eigenvalue weighted by Gasteiger charge is 2.22. The van der Waals surface area contributed by atoms with E-state index >= 15 is 0 Å². The Balaban J connectivity index is 1.32. The molecule has 1 aliphatic rings. The maximum absolute atomic E-state index is 5.88. The van der Waals surface area contributed by atoms with Crippen LogP contribution >= 0.6 is 11.8 Å². The molecule has 0 saturated carbocycles. The fraction of sp³-hybridized carbons (Fsp3) is 0.333. The average molecular weight is 464 g/mol. The number of ether oxygens (including phenoxy) is 2. The second-order valence-electron chi connectivity index (χ2n) is 7.82. The molecule has 1 unspecified atom stereocenters. The predicted molar refractivity (Wildman–Crippen MR) is 124 cm³/mol. The minimum absolute atomic E-state index is 0.165. The molecule has 3 heterocycles. The summed E-state index contributed by atoms with van der Waals surface area (Å²) in [5.41, 5.74) is 2.12. The Morgan fingerprint density at radius 1 is 1.00 bits per heavy atom. The summed E-state index contributed by atoms with van der Waals surface area (Å²) >= 11 is 1.54. The summed E-state index contributed by atoms with van der Waals surface area (Å²) in [7, 11) is 1.66. The molecule has 33 heavy (non-hydrogen) atoms. The Labute approximate surface area is 196 Å². The summed E-state index contributed by atoms with van der Waals surface area (Å²) in [6.07, 6.45) is 2.91. The fourth-order valence-corrected chi connectivity index (χ4v) is 4.61. The molecule has 9 heteroatoms. The van der Waals surface area contributed by atoms with E-state index in [1.165, 1.54) is 11.8 Å². The molecule has 1 aliphatic heterocycles. The van der Waals surface area contributed by atoms with Crippen molar-refractivity contribution in [3.63, 3.8) is 0 Å². The van der Waals surface area contributed by atoms with E-state index in [1.54, 1.807) is 7.11 Å². The summed E-state index contributed by atoms with van der Waals surface area (Å²) in [4.78, 5) is 0. The summed E-state index contributed by atoms with van der Waals surface area (Å²) in [5.74, 6) is 3.32. The first kappa shape index (κ1) is 21.7. The number of hydrogen-bond donors (Lipinski definition) is 0. The van der Waals surface area contributed by atoms with Crippen LogP contribution in [0.5, 0.6) is 5.75 Å². The molecule has 0 amide bonds. The Hall–Kier alpha value is -3.17. The van der Waals surface area contributed by atoms with Crippen LogP contribution in [0.1, 0.15) is 30.2 Å². The van der Waals surface area contributed by atoms with E-state index in [-0.39, 0.29) is 6.10 Å². The molecule has 1 atom stereocenters. The second-order valence-corrected chi connectivity index (χ2v) is 8.76. The van der Waals surface area contributed by atoms with Crippen molar-refractivity contribution in [1.29, 1.82) is 0 Å². The van der Waals surface area contributed by atoms with Crippen molar-refractivity contribution >= 4 is 11.8 Å². The van der Waals surface area contributed by atoms with Crippen molar-refractivity contribution in [3.8, 4) is 17.1 Å². The topological polar surface area (TPSA) is 88.1 Å². The Morgan fingerprint density at radius 2 is 1.82 bits per heavy atom. The van der Waals surface area contributed by atoms with Gasteiger partial charge in [-0.3, -0.25) is 4.57 Å². The first-order valence-electron chi connectivity index (χ1n) is 11.0. The van der Waals surface area contributed by atoms with E-state index in [9.17, 15) is 0 Å². The van der Waals surface area contributed by atoms with Crippen LogP contribution in [0.4, 0.5) is 0 Å². The molecule has 0 bridgehead atoms. The number of methoxy groups -OCH3 is 1. The normalized spacial score (nSPS) is 15.7. The molecular formula is C24H25N5O3S. The maximum atomic E-state index is 5.88. The quantitative estimate of drug-likeness (QED) is 0.338. The lowest BCUT2D eigenvalue weighted by Crippen LogP contribution is -2.16. The van der Waals surface area contributed by atoms with Crippen LogP contribution in [-0.4, -0.2) is 44.8 Å². The zero-order valence-corrected chi connectivity index (χ0v) is 19.2. The third-order valence-corrected chi connectivity index (χ3v) is 6.46. The van der Waals surface area contributed by atoms with E-state index < -0.39 is 0 Å². The van der Waals surface area contributed by atoms with Gasteiger partial charge in [0.25, 0.3) is 0 Å². The Kier molecular flexibility index (Phi) is 6.68. The summed E-state index contributed by atoms with van der Waals surface area (Å²) in [6.45, 7) is 1.51. The monoisotopic (exact) mass is 463 g/mol. The van der Waals surface area contributed by atoms with Crippen molar-refractivity contribution in [2.24, 2.45) is 0 Å². The van der Waals surface area contributed by atoms with Crippen molar-refractivity contribution in [2.45, 2.75) is 42.8 Å². The number of hydrogen-bond acceptors (Lipinski definition) is 8. The van der Waals surface area contributed by atoms with E-state index in [0.717, 1.165) is 47.3 Å². The van der Waals surface area contributed by atoms with Crippen LogP contribution in [-0.2, 0) is 23.5 Å². The van der Waals surface area contributed by atoms with Crippen molar-refractivity contribution in [2.75, 3.05) is 13.7 Å². The van der Waals surface area contributed by atoms with Gasteiger partial charge in [-0.2, -0.15) is 0 Å². The molecule has 170 valence electrons. The van der Waals surface area contributed by atoms with Gasteiger partial charge in [0.2, 0.25) is 11.8 Å². The molecule has 8 nitrogen and oxygen atoms in total. The SMILES string of the molecule is COc1ccc(-c2nnc(SCc3nnc(Cc4ccccc4)o3)n2CC2CCCO2)cc1. The van der Waals surface area contributed by atoms with E-state index in [0.29, 0.717) is 30.5 Å². The Morgan fingerprint density at radius 3 is 2.58 bits per heavy atom. The highest BCUT2D eigenvalue weighted by atomic mass is 32.2. The van der Waals surface area contributed by atoms with Crippen molar-refractivity contribution < 1.29 is 13.9 Å². The van der Waals surface area contributed by atoms with Crippen LogP contribution in [0, 0.1) is 0 Å². The number of aromatic nitrogens is 5.